The third kappa shape index (κ3) is 6.79. The predicted octanol–water partition coefficient (Wildman–Crippen LogP) is 4.68. The SMILES string of the molecule is CN(C)C(=O)N[C@H]1CCC[C@@H]1C(Cn1ccnc1)(c1ccccc1)C1CCN(CC2CN(c3ccc(S(=O)(=O)c4cnn(C)c4)cc3)C2)CC1. The van der Waals surface area contributed by atoms with Gasteiger partial charge in [-0.3, -0.25) is 4.68 Å². The van der Waals surface area contributed by atoms with E-state index in [1.807, 2.05) is 38.8 Å². The lowest BCUT2D eigenvalue weighted by Gasteiger charge is -2.51. The highest BCUT2D eigenvalue weighted by Crippen LogP contribution is 2.51. The molecule has 7 rings (SSSR count). The molecule has 0 radical (unpaired) electrons. The van der Waals surface area contributed by atoms with E-state index in [0.717, 1.165) is 77.1 Å². The number of carbonyl (C=O) groups is 1. The van der Waals surface area contributed by atoms with E-state index in [0.29, 0.717) is 17.8 Å². The Balaban J connectivity index is 1.02. The fourth-order valence-electron chi connectivity index (χ4n) is 8.96. The molecule has 0 spiro atoms. The minimum atomic E-state index is -3.58. The van der Waals surface area contributed by atoms with Crippen LogP contribution in [0, 0.1) is 17.8 Å². The number of benzene rings is 2. The second-order valence-corrected chi connectivity index (χ2v) is 16.8. The van der Waals surface area contributed by atoms with Gasteiger partial charge in [0.2, 0.25) is 9.84 Å². The van der Waals surface area contributed by atoms with Gasteiger partial charge in [-0.2, -0.15) is 5.10 Å². The maximum absolute atomic E-state index is 13.0. The number of anilines is 1. The fraction of sp³-hybridized carbons (Fsp3) is 0.500. The summed E-state index contributed by atoms with van der Waals surface area (Å²) in [6, 6.07) is 18.5. The number of likely N-dealkylation sites (tertiary alicyclic amines) is 1. The highest BCUT2D eigenvalue weighted by molar-refractivity contribution is 7.91. The number of urea groups is 1. The highest BCUT2D eigenvalue weighted by Gasteiger charge is 2.52. The van der Waals surface area contributed by atoms with Gasteiger partial charge in [0.05, 0.1) is 17.4 Å². The third-order valence-electron chi connectivity index (χ3n) is 11.5. The number of aromatic nitrogens is 4. The number of rotatable bonds is 11. The number of piperidine rings is 1. The van der Waals surface area contributed by atoms with Crippen LogP contribution in [0.3, 0.4) is 0 Å². The first-order valence-electron chi connectivity index (χ1n) is 17.9. The minimum absolute atomic E-state index is 0.0124. The van der Waals surface area contributed by atoms with Crippen molar-refractivity contribution >= 4 is 21.6 Å². The normalized spacial score (nSPS) is 21.9. The molecule has 2 amide bonds. The van der Waals surface area contributed by atoms with Gasteiger partial charge in [-0.15, -0.1) is 0 Å². The Morgan fingerprint density at radius 1 is 0.980 bits per heavy atom. The van der Waals surface area contributed by atoms with Gasteiger partial charge in [-0.1, -0.05) is 36.8 Å². The number of nitrogens with zero attached hydrogens (tertiary/aromatic N) is 7. The Hall–Kier alpha value is -4.16. The van der Waals surface area contributed by atoms with Crippen molar-refractivity contribution in [3.8, 4) is 0 Å². The van der Waals surface area contributed by atoms with Gasteiger partial charge in [0.15, 0.2) is 0 Å². The molecule has 4 heterocycles. The Kier molecular flexibility index (Phi) is 9.76. The quantitative estimate of drug-likeness (QED) is 0.243. The summed E-state index contributed by atoms with van der Waals surface area (Å²) < 4.78 is 29.7. The summed E-state index contributed by atoms with van der Waals surface area (Å²) in [5, 5.41) is 7.44. The van der Waals surface area contributed by atoms with Crippen LogP contribution >= 0.6 is 0 Å². The lowest BCUT2D eigenvalue weighted by molar-refractivity contribution is 0.0561. The van der Waals surface area contributed by atoms with Crippen molar-refractivity contribution in [2.75, 3.05) is 51.7 Å². The molecular formula is C38H50N8O3S. The molecule has 3 fully saturated rings. The average Bonchev–Trinajstić information content (AvgIpc) is 3.89. The zero-order valence-corrected chi connectivity index (χ0v) is 30.3. The summed E-state index contributed by atoms with van der Waals surface area (Å²) in [5.74, 6) is 1.36. The summed E-state index contributed by atoms with van der Waals surface area (Å²) in [5.41, 5.74) is 2.29. The molecule has 50 heavy (non-hydrogen) atoms. The van der Waals surface area contributed by atoms with Crippen molar-refractivity contribution in [1.82, 2.24) is 34.4 Å². The second kappa shape index (κ2) is 14.2. The van der Waals surface area contributed by atoms with E-state index in [1.54, 1.807) is 24.1 Å². The number of aryl methyl sites for hydroxylation is 1. The Morgan fingerprint density at radius 3 is 2.36 bits per heavy atom. The van der Waals surface area contributed by atoms with Crippen molar-refractivity contribution in [2.45, 2.75) is 59.9 Å². The topological polar surface area (TPSA) is 109 Å². The molecule has 0 bridgehead atoms. The highest BCUT2D eigenvalue weighted by atomic mass is 32.2. The van der Waals surface area contributed by atoms with E-state index in [-0.39, 0.29) is 27.3 Å². The molecule has 2 saturated heterocycles. The van der Waals surface area contributed by atoms with Gasteiger partial charge in [-0.05, 0) is 80.4 Å². The lowest BCUT2D eigenvalue weighted by atomic mass is 9.58. The van der Waals surface area contributed by atoms with Gasteiger partial charge >= 0.3 is 6.03 Å². The zero-order valence-electron chi connectivity index (χ0n) is 29.4. The molecule has 1 N–H and O–H groups in total. The molecule has 1 saturated carbocycles. The largest absolute Gasteiger partial charge is 0.371 e. The van der Waals surface area contributed by atoms with Crippen molar-refractivity contribution in [3.05, 3.63) is 91.3 Å². The molecular weight excluding hydrogens is 649 g/mol. The summed E-state index contributed by atoms with van der Waals surface area (Å²) in [4.78, 5) is 24.5. The maximum Gasteiger partial charge on any atom is 0.317 e. The number of hydrogen-bond donors (Lipinski definition) is 1. The summed E-state index contributed by atoms with van der Waals surface area (Å²) >= 11 is 0. The smallest absolute Gasteiger partial charge is 0.317 e. The number of hydrogen-bond acceptors (Lipinski definition) is 7. The first-order valence-corrected chi connectivity index (χ1v) is 19.4. The summed E-state index contributed by atoms with van der Waals surface area (Å²) in [6.07, 6.45) is 14.3. The Morgan fingerprint density at radius 2 is 1.72 bits per heavy atom. The van der Waals surface area contributed by atoms with Crippen LogP contribution in [-0.4, -0.2) is 96.4 Å². The summed E-state index contributed by atoms with van der Waals surface area (Å²) in [7, 11) is 1.78. The minimum Gasteiger partial charge on any atom is -0.371 e. The van der Waals surface area contributed by atoms with Gasteiger partial charge in [0.1, 0.15) is 4.90 Å². The zero-order chi connectivity index (χ0) is 34.9. The average molecular weight is 699 g/mol. The maximum atomic E-state index is 13.0. The van der Waals surface area contributed by atoms with Crippen molar-refractivity contribution in [3.63, 3.8) is 0 Å². The predicted molar refractivity (Wildman–Crippen MR) is 194 cm³/mol. The van der Waals surface area contributed by atoms with E-state index < -0.39 is 9.84 Å². The van der Waals surface area contributed by atoms with Crippen LogP contribution in [0.15, 0.2) is 95.5 Å². The molecule has 12 heteroatoms. The molecule has 3 atom stereocenters. The summed E-state index contributed by atoms with van der Waals surface area (Å²) in [6.45, 7) is 5.98. The van der Waals surface area contributed by atoms with Crippen molar-refractivity contribution in [1.29, 1.82) is 0 Å². The molecule has 11 nitrogen and oxygen atoms in total. The van der Waals surface area contributed by atoms with Crippen LogP contribution in [-0.2, 0) is 28.8 Å². The van der Waals surface area contributed by atoms with Gasteiger partial charge in [0.25, 0.3) is 0 Å². The Labute approximate surface area is 296 Å². The number of amides is 2. The second-order valence-electron chi connectivity index (χ2n) is 14.8. The molecule has 2 aromatic heterocycles. The van der Waals surface area contributed by atoms with Crippen molar-refractivity contribution in [2.24, 2.45) is 24.8 Å². The van der Waals surface area contributed by atoms with E-state index in [2.05, 4.69) is 66.3 Å². The van der Waals surface area contributed by atoms with Gasteiger partial charge < -0.3 is 24.6 Å². The molecule has 1 unspecified atom stereocenters. The number of sulfone groups is 1. The first-order chi connectivity index (χ1) is 24.1. The monoisotopic (exact) mass is 698 g/mol. The van der Waals surface area contributed by atoms with Crippen LogP contribution in [0.2, 0.25) is 0 Å². The van der Waals surface area contributed by atoms with Crippen molar-refractivity contribution < 1.29 is 13.2 Å². The molecule has 3 aliphatic rings. The third-order valence-corrected chi connectivity index (χ3v) is 13.2. The van der Waals surface area contributed by atoms with Crippen LogP contribution < -0.4 is 10.2 Å². The molecule has 2 aliphatic heterocycles. The van der Waals surface area contributed by atoms with Gasteiger partial charge in [0, 0.05) is 89.0 Å². The number of carbonyl (C=O) groups excluding carboxylic acids is 1. The number of nitrogens with one attached hydrogen (secondary N) is 1. The van der Waals surface area contributed by atoms with E-state index in [4.69, 9.17) is 0 Å². The standard InChI is InChI=1S/C38H50N8O3S/c1-42(2)37(47)41-36-11-7-10-35(36)38(27-45-21-18-39-28-45,30-8-5-4-6-9-30)31-16-19-44(20-17-31)23-29-24-46(25-29)32-12-14-33(15-13-32)50(48,49)34-22-40-43(3)26-34/h4-6,8-9,12-15,18,21-22,26,28-29,31,35-36H,7,10-11,16-17,19-20,23-25,27H2,1-3H3,(H,41,47)/t35-,36-,38?/m0/s1. The van der Waals surface area contributed by atoms with Crippen LogP contribution in [0.25, 0.3) is 0 Å². The molecule has 1 aliphatic carbocycles. The van der Waals surface area contributed by atoms with Crippen LogP contribution in [0.4, 0.5) is 10.5 Å². The number of imidazole rings is 1. The van der Waals surface area contributed by atoms with E-state index in [1.165, 1.54) is 22.6 Å². The Bertz CT molecular complexity index is 1830. The lowest BCUT2D eigenvalue weighted by Crippen LogP contribution is -2.57. The molecule has 2 aromatic carbocycles. The molecule has 266 valence electrons. The molecule has 4 aromatic rings. The van der Waals surface area contributed by atoms with Gasteiger partial charge in [-0.25, -0.2) is 18.2 Å². The van der Waals surface area contributed by atoms with E-state index in [9.17, 15) is 13.2 Å². The first kappa shape index (κ1) is 34.3. The van der Waals surface area contributed by atoms with Crippen LogP contribution in [0.5, 0.6) is 0 Å². The van der Waals surface area contributed by atoms with E-state index >= 15 is 0 Å². The fourth-order valence-corrected chi connectivity index (χ4v) is 10.2. The van der Waals surface area contributed by atoms with Crippen LogP contribution in [0.1, 0.15) is 37.7 Å².